The molecule has 2 aromatic carbocycles. The van der Waals surface area contributed by atoms with Gasteiger partial charge in [0.05, 0.1) is 0 Å². The average molecular weight is 720 g/mol. The Kier molecular flexibility index (Phi) is 25.2. The van der Waals surface area contributed by atoms with Crippen LogP contribution in [0.4, 0.5) is 5.69 Å². The third kappa shape index (κ3) is 21.4. The highest BCUT2D eigenvalue weighted by Crippen LogP contribution is 2.21. The monoisotopic (exact) mass is 720 g/mol. The van der Waals surface area contributed by atoms with Crippen molar-refractivity contribution in [3.63, 3.8) is 0 Å². The van der Waals surface area contributed by atoms with E-state index < -0.39 is 0 Å². The lowest BCUT2D eigenvalue weighted by atomic mass is 10.0. The molecule has 0 saturated heterocycles. The maximum atomic E-state index is 2.68. The lowest BCUT2D eigenvalue weighted by Crippen LogP contribution is -2.30. The van der Waals surface area contributed by atoms with Gasteiger partial charge in [0, 0.05) is 30.9 Å². The maximum Gasteiger partial charge on any atom is 0.169 e. The largest absolute Gasteiger partial charge is 0.372 e. The van der Waals surface area contributed by atoms with E-state index in [2.05, 4.69) is 128 Å². The number of benzene rings is 2. The van der Waals surface area contributed by atoms with Crippen molar-refractivity contribution in [3.8, 4) is 0 Å². The number of pyridine rings is 1. The van der Waals surface area contributed by atoms with Crippen molar-refractivity contribution < 1.29 is 4.57 Å². The lowest BCUT2D eigenvalue weighted by Gasteiger charge is -2.25. The Morgan fingerprint density at radius 3 is 0.962 bits per heavy atom. The van der Waals surface area contributed by atoms with E-state index in [0.717, 1.165) is 6.54 Å². The molecule has 3 rings (SSSR count). The smallest absolute Gasteiger partial charge is 0.169 e. The van der Waals surface area contributed by atoms with Crippen molar-refractivity contribution in [1.82, 2.24) is 0 Å². The van der Waals surface area contributed by atoms with E-state index in [1.807, 2.05) is 0 Å². The van der Waals surface area contributed by atoms with Crippen LogP contribution >= 0.6 is 0 Å². The zero-order chi connectivity index (χ0) is 37.4. The quantitative estimate of drug-likeness (QED) is 0.0354. The molecule has 2 heteroatoms. The summed E-state index contributed by atoms with van der Waals surface area (Å²) in [6, 6.07) is 22.5. The minimum absolute atomic E-state index is 1.00. The van der Waals surface area contributed by atoms with E-state index in [1.165, 1.54) is 195 Å². The van der Waals surface area contributed by atoms with Gasteiger partial charge in [-0.25, -0.2) is 4.57 Å². The van der Waals surface area contributed by atoms with Crippen LogP contribution in [-0.4, -0.2) is 13.1 Å². The third-order valence-electron chi connectivity index (χ3n) is 11.0. The Morgan fingerprint density at radius 2 is 0.642 bits per heavy atom. The molecule has 0 aliphatic heterocycles. The van der Waals surface area contributed by atoms with Crippen LogP contribution in [0.25, 0.3) is 24.3 Å². The number of unbranched alkanes of at least 4 members (excludes halogenated alkanes) is 22. The zero-order valence-corrected chi connectivity index (χ0v) is 34.7. The number of anilines is 1. The third-order valence-corrected chi connectivity index (χ3v) is 11.0. The van der Waals surface area contributed by atoms with Gasteiger partial charge in [-0.2, -0.15) is 0 Å². The number of hydrogen-bond acceptors (Lipinski definition) is 1. The van der Waals surface area contributed by atoms with Crippen LogP contribution in [-0.2, 0) is 6.54 Å². The summed E-state index contributed by atoms with van der Waals surface area (Å²) in [6.45, 7) is 10.2. The SMILES string of the molecule is CCCCCCCCCCCCCCN(CCCCCCCCCCCCCC)c1ccc(/C=C/c2ccc(/C=C/c3cc[n+](CC)cc3)cc2)cc1. The molecule has 0 amide bonds. The fourth-order valence-electron chi connectivity index (χ4n) is 7.35. The van der Waals surface area contributed by atoms with Crippen molar-refractivity contribution >= 4 is 30.0 Å². The molecule has 0 bridgehead atoms. The number of nitrogens with zero attached hydrogens (tertiary/aromatic N) is 2. The second-order valence-electron chi connectivity index (χ2n) is 15.7. The molecule has 0 spiro atoms. The lowest BCUT2D eigenvalue weighted by molar-refractivity contribution is -0.693. The van der Waals surface area contributed by atoms with Crippen LogP contribution in [0.15, 0.2) is 73.1 Å². The molecule has 0 N–H and O–H groups in total. The molecule has 1 aromatic heterocycles. The molecule has 3 aromatic rings. The van der Waals surface area contributed by atoms with Gasteiger partial charge in [0.2, 0.25) is 0 Å². The molecule has 0 saturated carbocycles. The van der Waals surface area contributed by atoms with E-state index >= 15 is 0 Å². The first-order valence-corrected chi connectivity index (χ1v) is 22.5. The number of hydrogen-bond donors (Lipinski definition) is 0. The normalized spacial score (nSPS) is 11.7. The fourth-order valence-corrected chi connectivity index (χ4v) is 7.35. The molecule has 0 radical (unpaired) electrons. The second-order valence-corrected chi connectivity index (χ2v) is 15.7. The van der Waals surface area contributed by atoms with E-state index in [9.17, 15) is 0 Å². The predicted molar refractivity (Wildman–Crippen MR) is 237 cm³/mol. The Labute approximate surface area is 328 Å². The van der Waals surface area contributed by atoms with E-state index in [-0.39, 0.29) is 0 Å². The molecule has 292 valence electrons. The van der Waals surface area contributed by atoms with Crippen molar-refractivity contribution in [2.75, 3.05) is 18.0 Å². The van der Waals surface area contributed by atoms with Gasteiger partial charge in [0.15, 0.2) is 12.4 Å². The Hall–Kier alpha value is -3.13. The highest BCUT2D eigenvalue weighted by atomic mass is 15.1. The predicted octanol–water partition coefficient (Wildman–Crippen LogP) is 15.5. The molecule has 2 nitrogen and oxygen atoms in total. The molecule has 1 heterocycles. The van der Waals surface area contributed by atoms with Crippen molar-refractivity contribution in [1.29, 1.82) is 0 Å². The van der Waals surface area contributed by atoms with Gasteiger partial charge in [-0.05, 0) is 54.2 Å². The van der Waals surface area contributed by atoms with Gasteiger partial charge in [0.25, 0.3) is 0 Å². The molecule has 0 atom stereocenters. The van der Waals surface area contributed by atoms with Crippen LogP contribution in [0.1, 0.15) is 197 Å². The van der Waals surface area contributed by atoms with Gasteiger partial charge in [-0.15, -0.1) is 0 Å². The minimum Gasteiger partial charge on any atom is -0.372 e. The van der Waals surface area contributed by atoms with Gasteiger partial charge in [0.1, 0.15) is 6.54 Å². The summed E-state index contributed by atoms with van der Waals surface area (Å²) >= 11 is 0. The second kappa shape index (κ2) is 30.2. The van der Waals surface area contributed by atoms with E-state index in [1.54, 1.807) is 0 Å². The van der Waals surface area contributed by atoms with Crippen molar-refractivity contribution in [2.24, 2.45) is 0 Å². The molecule has 0 aliphatic rings. The van der Waals surface area contributed by atoms with Crippen LogP contribution < -0.4 is 9.47 Å². The maximum absolute atomic E-state index is 2.68. The first kappa shape index (κ1) is 44.3. The molecular formula is C51H79N2+. The van der Waals surface area contributed by atoms with Gasteiger partial charge in [-0.1, -0.05) is 216 Å². The summed E-state index contributed by atoms with van der Waals surface area (Å²) in [5.74, 6) is 0. The summed E-state index contributed by atoms with van der Waals surface area (Å²) in [5.41, 5.74) is 6.34. The molecule has 0 fully saturated rings. The van der Waals surface area contributed by atoms with Crippen molar-refractivity contribution in [3.05, 3.63) is 95.3 Å². The molecule has 53 heavy (non-hydrogen) atoms. The summed E-state index contributed by atoms with van der Waals surface area (Å²) in [4.78, 5) is 2.68. The fraction of sp³-hybridized carbons (Fsp3) is 0.588. The highest BCUT2D eigenvalue weighted by molar-refractivity contribution is 5.73. The van der Waals surface area contributed by atoms with Crippen LogP contribution in [0.3, 0.4) is 0 Å². The molecular weight excluding hydrogens is 641 g/mol. The Bertz CT molecular complexity index is 1290. The van der Waals surface area contributed by atoms with Crippen LogP contribution in [0.5, 0.6) is 0 Å². The Morgan fingerprint density at radius 1 is 0.358 bits per heavy atom. The summed E-state index contributed by atoms with van der Waals surface area (Å²) in [7, 11) is 0. The molecule has 0 aliphatic carbocycles. The highest BCUT2D eigenvalue weighted by Gasteiger charge is 2.07. The summed E-state index contributed by atoms with van der Waals surface area (Å²) in [6.07, 6.45) is 47.0. The minimum atomic E-state index is 1.00. The summed E-state index contributed by atoms with van der Waals surface area (Å²) < 4.78 is 2.18. The first-order chi connectivity index (χ1) is 26.2. The van der Waals surface area contributed by atoms with Crippen LogP contribution in [0, 0.1) is 0 Å². The number of aryl methyl sites for hydroxylation is 1. The van der Waals surface area contributed by atoms with Gasteiger partial charge in [-0.3, -0.25) is 0 Å². The number of rotatable bonds is 32. The van der Waals surface area contributed by atoms with E-state index in [0.29, 0.717) is 0 Å². The summed E-state index contributed by atoms with van der Waals surface area (Å²) in [5, 5.41) is 0. The van der Waals surface area contributed by atoms with Crippen LogP contribution in [0.2, 0.25) is 0 Å². The zero-order valence-electron chi connectivity index (χ0n) is 34.7. The average Bonchev–Trinajstić information content (AvgIpc) is 3.20. The van der Waals surface area contributed by atoms with Gasteiger partial charge < -0.3 is 4.90 Å². The molecule has 0 unspecified atom stereocenters. The van der Waals surface area contributed by atoms with E-state index in [4.69, 9.17) is 0 Å². The standard InChI is InChI=1S/C51H79N2/c1-4-7-9-11-13-15-17-19-21-23-25-27-43-53(44-28-26-24-22-20-18-16-14-12-10-8-5-2)51-39-37-49(38-40-51)34-33-47-29-31-48(32-30-47)35-36-50-41-45-52(6-3)46-42-50/h29-42,45-46H,4-28,43-44H2,1-3H3/q+1. The van der Waals surface area contributed by atoms with Crippen molar-refractivity contribution in [2.45, 2.75) is 181 Å². The Balaban J connectivity index is 1.42. The number of aromatic nitrogens is 1. The topological polar surface area (TPSA) is 7.12 Å². The first-order valence-electron chi connectivity index (χ1n) is 22.5. The van der Waals surface area contributed by atoms with Gasteiger partial charge >= 0.3 is 0 Å².